The fraction of sp³-hybridized carbons (Fsp3) is 0.600. The third-order valence-corrected chi connectivity index (χ3v) is 3.73. The van der Waals surface area contributed by atoms with Gasteiger partial charge < -0.3 is 15.8 Å². The van der Waals surface area contributed by atoms with Crippen molar-refractivity contribution in [3.8, 4) is 0 Å². The van der Waals surface area contributed by atoms with E-state index in [2.05, 4.69) is 21.4 Å². The van der Waals surface area contributed by atoms with Gasteiger partial charge in [-0.2, -0.15) is 4.37 Å². The van der Waals surface area contributed by atoms with Crippen LogP contribution in [-0.4, -0.2) is 24.0 Å². The summed E-state index contributed by atoms with van der Waals surface area (Å²) in [6.45, 7) is 3.08. The maximum atomic E-state index is 11.5. The van der Waals surface area contributed by atoms with Gasteiger partial charge in [0.15, 0.2) is 5.82 Å². The Morgan fingerprint density at radius 1 is 1.75 bits per heavy atom. The van der Waals surface area contributed by atoms with E-state index in [4.69, 9.17) is 5.73 Å². The Morgan fingerprint density at radius 2 is 2.44 bits per heavy atom. The number of nitrogens with zero attached hydrogens (tertiary/aromatic N) is 1. The number of nitrogens with two attached hydrogens (primary N) is 1. The fourth-order valence-corrected chi connectivity index (χ4v) is 2.34. The molecule has 0 aromatic carbocycles. The van der Waals surface area contributed by atoms with Crippen LogP contribution in [0, 0.1) is 11.8 Å². The zero-order chi connectivity index (χ0) is 11.7. The Kier molecular flexibility index (Phi) is 3.00. The molecule has 6 heteroatoms. The number of aromatic nitrogens is 1. The first-order valence-corrected chi connectivity index (χ1v) is 5.98. The number of anilines is 2. The molecular formula is C10H15N3O2S. The molecular weight excluding hydrogens is 226 g/mol. The number of esters is 1. The first-order chi connectivity index (χ1) is 7.63. The van der Waals surface area contributed by atoms with Crippen LogP contribution in [0.15, 0.2) is 0 Å². The molecule has 1 aromatic rings. The molecule has 1 saturated carbocycles. The van der Waals surface area contributed by atoms with Gasteiger partial charge in [-0.15, -0.1) is 0 Å². The lowest BCUT2D eigenvalue weighted by Crippen LogP contribution is -2.10. The van der Waals surface area contributed by atoms with Crippen molar-refractivity contribution in [3.63, 3.8) is 0 Å². The van der Waals surface area contributed by atoms with Gasteiger partial charge in [0.05, 0.1) is 7.11 Å². The smallest absolute Gasteiger partial charge is 0.344 e. The van der Waals surface area contributed by atoms with E-state index in [1.165, 1.54) is 25.1 Å². The van der Waals surface area contributed by atoms with Crippen LogP contribution in [0.2, 0.25) is 0 Å². The van der Waals surface area contributed by atoms with E-state index in [1.54, 1.807) is 0 Å². The summed E-state index contributed by atoms with van der Waals surface area (Å²) in [5, 5.41) is 3.93. The van der Waals surface area contributed by atoms with E-state index in [-0.39, 0.29) is 5.82 Å². The second kappa shape index (κ2) is 4.29. The largest absolute Gasteiger partial charge is 0.465 e. The molecule has 0 aliphatic heterocycles. The number of nitrogens with one attached hydrogen (secondary N) is 1. The van der Waals surface area contributed by atoms with Gasteiger partial charge in [-0.25, -0.2) is 4.79 Å². The quantitative estimate of drug-likeness (QED) is 0.783. The zero-order valence-corrected chi connectivity index (χ0v) is 10.1. The van der Waals surface area contributed by atoms with Crippen molar-refractivity contribution in [2.45, 2.75) is 13.3 Å². The molecule has 3 N–H and O–H groups in total. The average molecular weight is 241 g/mol. The highest BCUT2D eigenvalue weighted by molar-refractivity contribution is 7.11. The number of ether oxygens (including phenoxy) is 1. The number of methoxy groups -OCH3 is 1. The Bertz CT molecular complexity index is 405. The van der Waals surface area contributed by atoms with Crippen LogP contribution >= 0.6 is 11.5 Å². The van der Waals surface area contributed by atoms with Gasteiger partial charge in [0.25, 0.3) is 0 Å². The summed E-state index contributed by atoms with van der Waals surface area (Å²) in [5.41, 5.74) is 5.99. The molecule has 0 radical (unpaired) electrons. The molecule has 5 nitrogen and oxygen atoms in total. The second-order valence-corrected chi connectivity index (χ2v) is 4.89. The molecule has 2 rings (SSSR count). The summed E-state index contributed by atoms with van der Waals surface area (Å²) in [7, 11) is 1.34. The molecule has 16 heavy (non-hydrogen) atoms. The summed E-state index contributed by atoms with van der Waals surface area (Å²) in [6.07, 6.45) is 1.24. The summed E-state index contributed by atoms with van der Waals surface area (Å²) < 4.78 is 8.63. The second-order valence-electron chi connectivity index (χ2n) is 4.12. The van der Waals surface area contributed by atoms with E-state index >= 15 is 0 Å². The normalized spacial score (nSPS) is 22.9. The van der Waals surface area contributed by atoms with Crippen molar-refractivity contribution < 1.29 is 9.53 Å². The van der Waals surface area contributed by atoms with E-state index in [0.717, 1.165) is 12.5 Å². The molecule has 2 atom stereocenters. The lowest BCUT2D eigenvalue weighted by molar-refractivity contribution is 0.0603. The molecule has 1 heterocycles. The maximum Gasteiger partial charge on any atom is 0.344 e. The third kappa shape index (κ3) is 2.11. The van der Waals surface area contributed by atoms with E-state index in [0.29, 0.717) is 16.5 Å². The van der Waals surface area contributed by atoms with Crippen molar-refractivity contribution in [2.75, 3.05) is 24.7 Å². The first kappa shape index (κ1) is 11.2. The van der Waals surface area contributed by atoms with E-state index < -0.39 is 5.97 Å². The van der Waals surface area contributed by atoms with E-state index in [9.17, 15) is 4.79 Å². The molecule has 1 aliphatic carbocycles. The van der Waals surface area contributed by atoms with E-state index in [1.807, 2.05) is 0 Å². The van der Waals surface area contributed by atoms with Gasteiger partial charge in [-0.05, 0) is 29.8 Å². The van der Waals surface area contributed by atoms with Crippen LogP contribution in [0.4, 0.5) is 10.8 Å². The Morgan fingerprint density at radius 3 is 3.00 bits per heavy atom. The fourth-order valence-electron chi connectivity index (χ4n) is 1.63. The number of nitrogen functional groups attached to an aromatic ring is 1. The van der Waals surface area contributed by atoms with Gasteiger partial charge >= 0.3 is 5.97 Å². The predicted molar refractivity (Wildman–Crippen MR) is 63.6 cm³/mol. The SMILES string of the molecule is COC(=O)c1c(N)nsc1NCC1CC1C. The zero-order valence-electron chi connectivity index (χ0n) is 9.32. The first-order valence-electron chi connectivity index (χ1n) is 5.20. The highest BCUT2D eigenvalue weighted by atomic mass is 32.1. The van der Waals surface area contributed by atoms with Crippen LogP contribution in [0.3, 0.4) is 0 Å². The Balaban J connectivity index is 2.05. The number of hydrogen-bond acceptors (Lipinski definition) is 6. The van der Waals surface area contributed by atoms with Crippen LogP contribution in [0.25, 0.3) is 0 Å². The van der Waals surface area contributed by atoms with Gasteiger partial charge in [0, 0.05) is 6.54 Å². The van der Waals surface area contributed by atoms with Gasteiger partial charge in [-0.1, -0.05) is 6.92 Å². The summed E-state index contributed by atoms with van der Waals surface area (Å²) in [6, 6.07) is 0. The van der Waals surface area contributed by atoms with Crippen LogP contribution in [0.1, 0.15) is 23.7 Å². The van der Waals surface area contributed by atoms with Crippen molar-refractivity contribution in [1.82, 2.24) is 4.37 Å². The summed E-state index contributed by atoms with van der Waals surface area (Å²) in [5.74, 6) is 1.29. The summed E-state index contributed by atoms with van der Waals surface area (Å²) >= 11 is 1.20. The minimum Gasteiger partial charge on any atom is -0.465 e. The number of rotatable bonds is 4. The lowest BCUT2D eigenvalue weighted by Gasteiger charge is -2.04. The lowest BCUT2D eigenvalue weighted by atomic mass is 10.3. The third-order valence-electron chi connectivity index (χ3n) is 2.91. The molecule has 0 spiro atoms. The van der Waals surface area contributed by atoms with Crippen molar-refractivity contribution >= 4 is 28.3 Å². The number of carbonyl (C=O) groups is 1. The van der Waals surface area contributed by atoms with Crippen LogP contribution in [-0.2, 0) is 4.74 Å². The van der Waals surface area contributed by atoms with Crippen LogP contribution in [0.5, 0.6) is 0 Å². The number of carbonyl (C=O) groups excluding carboxylic acids is 1. The van der Waals surface area contributed by atoms with Crippen molar-refractivity contribution in [1.29, 1.82) is 0 Å². The maximum absolute atomic E-state index is 11.5. The molecule has 0 bridgehead atoms. The predicted octanol–water partition coefficient (Wildman–Crippen LogP) is 1.58. The minimum atomic E-state index is -0.433. The minimum absolute atomic E-state index is 0.239. The highest BCUT2D eigenvalue weighted by Crippen LogP contribution is 2.38. The molecule has 88 valence electrons. The molecule has 2 unspecified atom stereocenters. The Labute approximate surface area is 98.1 Å². The van der Waals surface area contributed by atoms with Crippen molar-refractivity contribution in [3.05, 3.63) is 5.56 Å². The molecule has 1 aromatic heterocycles. The van der Waals surface area contributed by atoms with Gasteiger partial charge in [-0.3, -0.25) is 0 Å². The number of hydrogen-bond donors (Lipinski definition) is 2. The van der Waals surface area contributed by atoms with Gasteiger partial charge in [0.1, 0.15) is 10.6 Å². The monoisotopic (exact) mass is 241 g/mol. The van der Waals surface area contributed by atoms with Crippen molar-refractivity contribution in [2.24, 2.45) is 11.8 Å². The average Bonchev–Trinajstić information content (AvgIpc) is 2.84. The van der Waals surface area contributed by atoms with Gasteiger partial charge in [0.2, 0.25) is 0 Å². The van der Waals surface area contributed by atoms with Crippen LogP contribution < -0.4 is 11.1 Å². The highest BCUT2D eigenvalue weighted by Gasteiger charge is 2.32. The topological polar surface area (TPSA) is 77.2 Å². The molecule has 0 amide bonds. The standard InChI is InChI=1S/C10H15N3O2S/c1-5-3-6(5)4-12-9-7(10(14)15-2)8(11)13-16-9/h5-6,12H,3-4H2,1-2H3,(H2,11,13). The Hall–Kier alpha value is -1.30. The molecule has 0 saturated heterocycles. The molecule has 1 fully saturated rings. The molecule has 1 aliphatic rings. The summed E-state index contributed by atoms with van der Waals surface area (Å²) in [4.78, 5) is 11.5.